The Bertz CT molecular complexity index is 735. The minimum atomic E-state index is -0.654. The Labute approximate surface area is 183 Å². The van der Waals surface area contributed by atoms with E-state index in [-0.39, 0.29) is 40.8 Å². The van der Waals surface area contributed by atoms with Crippen molar-refractivity contribution in [3.8, 4) is 0 Å². The summed E-state index contributed by atoms with van der Waals surface area (Å²) in [6.45, 7) is 13.0. The lowest BCUT2D eigenvalue weighted by Gasteiger charge is -2.60. The van der Waals surface area contributed by atoms with Gasteiger partial charge in [-0.15, -0.1) is 0 Å². The molecule has 4 aliphatic carbocycles. The van der Waals surface area contributed by atoms with Gasteiger partial charge in [0.1, 0.15) is 5.92 Å². The monoisotopic (exact) mass is 414 g/mol. The van der Waals surface area contributed by atoms with Crippen LogP contribution < -0.4 is 0 Å². The molecule has 0 aromatic heterocycles. The Hall–Kier alpha value is -1.19. The summed E-state index contributed by atoms with van der Waals surface area (Å²) in [6.07, 6.45) is 9.36. The summed E-state index contributed by atoms with van der Waals surface area (Å²) in [4.78, 5) is 28.7. The molecule has 0 aromatic rings. The van der Waals surface area contributed by atoms with Gasteiger partial charge in [-0.1, -0.05) is 20.3 Å². The molecule has 0 heterocycles. The molecular formula is C26H42N2O2. The Morgan fingerprint density at radius 1 is 1.00 bits per heavy atom. The number of carbonyl (C=O) groups is 2. The smallest absolute Gasteiger partial charge is 0.234 e. The van der Waals surface area contributed by atoms with Gasteiger partial charge in [0.05, 0.1) is 5.71 Å². The molecule has 168 valence electrons. The molecule has 4 nitrogen and oxygen atoms in total. The number of carbonyl (C=O) groups excluding carboxylic acids is 2. The second-order valence-corrected chi connectivity index (χ2v) is 12.1. The second kappa shape index (κ2) is 7.45. The summed E-state index contributed by atoms with van der Waals surface area (Å²) in [5.74, 6) is 1.25. The van der Waals surface area contributed by atoms with Crippen LogP contribution in [-0.2, 0) is 9.59 Å². The predicted octanol–water partition coefficient (Wildman–Crippen LogP) is 5.49. The molecule has 2 unspecified atom stereocenters. The maximum atomic E-state index is 13.6. The number of nitrogens with zero attached hydrogens (tertiary/aromatic N) is 1. The van der Waals surface area contributed by atoms with Crippen LogP contribution in [0.3, 0.4) is 0 Å². The van der Waals surface area contributed by atoms with Gasteiger partial charge in [-0.25, -0.2) is 0 Å². The van der Waals surface area contributed by atoms with Crippen LogP contribution in [0, 0.1) is 45.8 Å². The van der Waals surface area contributed by atoms with Crippen molar-refractivity contribution in [3.05, 3.63) is 0 Å². The van der Waals surface area contributed by atoms with Gasteiger partial charge in [0, 0.05) is 18.0 Å². The molecule has 0 aliphatic heterocycles. The molecule has 4 fully saturated rings. The van der Waals surface area contributed by atoms with Crippen molar-refractivity contribution in [2.24, 2.45) is 40.4 Å². The zero-order valence-corrected chi connectivity index (χ0v) is 20.0. The van der Waals surface area contributed by atoms with Crippen LogP contribution in [0.2, 0.25) is 0 Å². The van der Waals surface area contributed by atoms with Crippen molar-refractivity contribution >= 4 is 17.4 Å². The summed E-state index contributed by atoms with van der Waals surface area (Å²) in [6, 6.07) is 0.135. The first-order valence-corrected chi connectivity index (χ1v) is 12.5. The first kappa shape index (κ1) is 22.0. The minimum absolute atomic E-state index is 0.0435. The van der Waals surface area contributed by atoms with E-state index in [0.29, 0.717) is 17.8 Å². The summed E-state index contributed by atoms with van der Waals surface area (Å²) < 4.78 is 0. The fourth-order valence-electron chi connectivity index (χ4n) is 8.59. The predicted molar refractivity (Wildman–Crippen MR) is 120 cm³/mol. The molecule has 30 heavy (non-hydrogen) atoms. The molecule has 4 heteroatoms. The lowest BCUT2D eigenvalue weighted by Crippen LogP contribution is -2.60. The van der Waals surface area contributed by atoms with Crippen LogP contribution in [0.25, 0.3) is 0 Å². The van der Waals surface area contributed by atoms with E-state index in [1.807, 2.05) is 32.6 Å². The highest BCUT2D eigenvalue weighted by Gasteiger charge is 2.61. The third kappa shape index (κ3) is 3.11. The molecular weight excluding hydrogens is 372 g/mol. The Kier molecular flexibility index (Phi) is 5.47. The van der Waals surface area contributed by atoms with Gasteiger partial charge >= 0.3 is 0 Å². The lowest BCUT2D eigenvalue weighted by molar-refractivity contribution is -0.150. The van der Waals surface area contributed by atoms with Gasteiger partial charge in [0.25, 0.3) is 0 Å². The molecule has 1 N–H and O–H groups in total. The Balaban J connectivity index is 1.66. The molecule has 0 radical (unpaired) electrons. The van der Waals surface area contributed by atoms with E-state index in [1.54, 1.807) is 0 Å². The summed E-state index contributed by atoms with van der Waals surface area (Å²) in [5, 5.41) is 8.80. The highest BCUT2D eigenvalue weighted by Crippen LogP contribution is 2.66. The maximum absolute atomic E-state index is 13.6. The SMILES string of the molecule is CC(C)N(C(=O)C1C[C@@]2(C)C(CC[C@@H]3[C@H]2CC[C@]2(C)CCC[C@@H]32)C(=N)C1=O)C(C)C. The number of hydrogen-bond donors (Lipinski definition) is 1. The van der Waals surface area contributed by atoms with Crippen LogP contribution in [0.1, 0.15) is 92.9 Å². The number of fused-ring (bicyclic) bond motifs is 5. The summed E-state index contributed by atoms with van der Waals surface area (Å²) in [5.41, 5.74) is 0.675. The van der Waals surface area contributed by atoms with Crippen LogP contribution >= 0.6 is 0 Å². The average molecular weight is 415 g/mol. The number of hydrogen-bond acceptors (Lipinski definition) is 3. The fourth-order valence-corrected chi connectivity index (χ4v) is 8.59. The van der Waals surface area contributed by atoms with Gasteiger partial charge < -0.3 is 10.3 Å². The normalized spacial score (nSPS) is 43.4. The summed E-state index contributed by atoms with van der Waals surface area (Å²) >= 11 is 0. The van der Waals surface area contributed by atoms with Gasteiger partial charge in [-0.05, 0) is 101 Å². The summed E-state index contributed by atoms with van der Waals surface area (Å²) in [7, 11) is 0. The van der Waals surface area contributed by atoms with Gasteiger partial charge in [0.15, 0.2) is 5.78 Å². The largest absolute Gasteiger partial charge is 0.337 e. The van der Waals surface area contributed by atoms with Gasteiger partial charge in [-0.2, -0.15) is 0 Å². The van der Waals surface area contributed by atoms with Crippen LogP contribution in [0.5, 0.6) is 0 Å². The van der Waals surface area contributed by atoms with Gasteiger partial charge in [-0.3, -0.25) is 9.59 Å². The Morgan fingerprint density at radius 2 is 1.67 bits per heavy atom. The standard InChI is InChI=1S/C26H42N2O2/c1-15(2)28(16(3)4)24(30)18-14-26(6)20-11-13-25(5)12-7-8-19(25)17(20)9-10-21(26)22(27)23(18)29/h15-21,27H,7-14H2,1-6H3/t17-,18?,19-,20+,21?,25-,26+/m0/s1. The van der Waals surface area contributed by atoms with Crippen molar-refractivity contribution in [2.45, 2.75) is 105 Å². The van der Waals surface area contributed by atoms with Crippen molar-refractivity contribution < 1.29 is 9.59 Å². The fraction of sp³-hybridized carbons (Fsp3) is 0.885. The van der Waals surface area contributed by atoms with Crippen molar-refractivity contribution in [1.82, 2.24) is 4.90 Å². The van der Waals surface area contributed by atoms with Crippen molar-refractivity contribution in [3.63, 3.8) is 0 Å². The molecule has 0 saturated heterocycles. The number of ketones is 1. The molecule has 0 spiro atoms. The van der Waals surface area contributed by atoms with E-state index in [9.17, 15) is 9.59 Å². The third-order valence-electron chi connectivity index (χ3n) is 9.89. The number of amides is 1. The van der Waals surface area contributed by atoms with E-state index in [1.165, 1.54) is 38.5 Å². The topological polar surface area (TPSA) is 61.2 Å². The van der Waals surface area contributed by atoms with Crippen LogP contribution in [0.4, 0.5) is 0 Å². The zero-order chi connectivity index (χ0) is 22.0. The molecule has 0 bridgehead atoms. The molecule has 4 rings (SSSR count). The number of nitrogens with one attached hydrogen (secondary N) is 1. The lowest BCUT2D eigenvalue weighted by atomic mass is 9.44. The van der Waals surface area contributed by atoms with Crippen molar-refractivity contribution in [2.75, 3.05) is 0 Å². The molecule has 1 amide bonds. The van der Waals surface area contributed by atoms with E-state index in [4.69, 9.17) is 5.41 Å². The Morgan fingerprint density at radius 3 is 2.30 bits per heavy atom. The van der Waals surface area contributed by atoms with E-state index in [0.717, 1.165) is 18.3 Å². The van der Waals surface area contributed by atoms with Gasteiger partial charge in [0.2, 0.25) is 5.91 Å². The average Bonchev–Trinajstić information content (AvgIpc) is 3.06. The third-order valence-corrected chi connectivity index (χ3v) is 9.89. The van der Waals surface area contributed by atoms with E-state index in [2.05, 4.69) is 13.8 Å². The molecule has 0 aromatic carbocycles. The maximum Gasteiger partial charge on any atom is 0.234 e. The highest BCUT2D eigenvalue weighted by atomic mass is 16.2. The highest BCUT2D eigenvalue weighted by molar-refractivity contribution is 6.44. The van der Waals surface area contributed by atoms with Crippen LogP contribution in [0.15, 0.2) is 0 Å². The number of Topliss-reactive ketones (excluding diaryl/α,β-unsaturated/α-hetero) is 1. The first-order valence-electron chi connectivity index (χ1n) is 12.5. The van der Waals surface area contributed by atoms with E-state index >= 15 is 0 Å². The molecule has 4 saturated carbocycles. The quantitative estimate of drug-likeness (QED) is 0.621. The van der Waals surface area contributed by atoms with Crippen LogP contribution in [-0.4, -0.2) is 34.4 Å². The van der Waals surface area contributed by atoms with E-state index < -0.39 is 5.92 Å². The minimum Gasteiger partial charge on any atom is -0.337 e. The zero-order valence-electron chi connectivity index (χ0n) is 20.0. The first-order chi connectivity index (χ1) is 14.0. The molecule has 4 aliphatic rings. The second-order valence-electron chi connectivity index (χ2n) is 12.1. The molecule has 7 atom stereocenters. The number of rotatable bonds is 3. The van der Waals surface area contributed by atoms with Crippen molar-refractivity contribution in [1.29, 1.82) is 5.41 Å².